The zero-order valence-electron chi connectivity index (χ0n) is 10.6. The number of amides is 1. The van der Waals surface area contributed by atoms with E-state index in [1.54, 1.807) is 6.07 Å². The van der Waals surface area contributed by atoms with E-state index in [4.69, 9.17) is 27.8 Å². The topological polar surface area (TPSA) is 125 Å². The Hall–Kier alpha value is -1.19. The highest BCUT2D eigenvalue weighted by Crippen LogP contribution is 2.20. The van der Waals surface area contributed by atoms with Gasteiger partial charge in [-0.1, -0.05) is 17.7 Å². The molecule has 0 unspecified atom stereocenters. The lowest BCUT2D eigenvalue weighted by molar-refractivity contribution is -0.122. The standard InChI is InChI=1S/C11H16ClN3O4S/c12-10-5-9(2-1-8(10)6-13)20(17,18)15-3-4-19-7-11(14)16/h1-2,5,15H,3-4,6-7,13H2,(H2,14,16). The number of carbonyl (C=O) groups excluding carboxylic acids is 1. The van der Waals surface area contributed by atoms with Gasteiger partial charge >= 0.3 is 0 Å². The van der Waals surface area contributed by atoms with E-state index in [1.807, 2.05) is 0 Å². The normalized spacial score (nSPS) is 11.5. The van der Waals surface area contributed by atoms with Gasteiger partial charge in [-0.2, -0.15) is 0 Å². The lowest BCUT2D eigenvalue weighted by Gasteiger charge is -2.08. The van der Waals surface area contributed by atoms with Crippen molar-refractivity contribution in [2.75, 3.05) is 19.8 Å². The van der Waals surface area contributed by atoms with Crippen molar-refractivity contribution in [3.8, 4) is 0 Å². The number of benzene rings is 1. The van der Waals surface area contributed by atoms with Crippen LogP contribution in [0.2, 0.25) is 5.02 Å². The molecule has 0 heterocycles. The van der Waals surface area contributed by atoms with Crippen LogP contribution in [0.15, 0.2) is 23.1 Å². The summed E-state index contributed by atoms with van der Waals surface area (Å²) in [6.07, 6.45) is 0. The summed E-state index contributed by atoms with van der Waals surface area (Å²) in [7, 11) is -3.68. The van der Waals surface area contributed by atoms with Gasteiger partial charge in [0.15, 0.2) is 0 Å². The van der Waals surface area contributed by atoms with Gasteiger partial charge in [0, 0.05) is 18.1 Å². The highest BCUT2D eigenvalue weighted by atomic mass is 35.5. The Morgan fingerprint density at radius 3 is 2.65 bits per heavy atom. The van der Waals surface area contributed by atoms with Crippen LogP contribution in [0.3, 0.4) is 0 Å². The van der Waals surface area contributed by atoms with Gasteiger partial charge in [0.25, 0.3) is 0 Å². The Labute approximate surface area is 122 Å². The van der Waals surface area contributed by atoms with Crippen LogP contribution in [-0.2, 0) is 26.1 Å². The number of nitrogens with one attached hydrogen (secondary N) is 1. The second kappa shape index (κ2) is 7.55. The number of carbonyl (C=O) groups is 1. The monoisotopic (exact) mass is 321 g/mol. The van der Waals surface area contributed by atoms with Crippen LogP contribution in [0.5, 0.6) is 0 Å². The molecule has 7 nitrogen and oxygen atoms in total. The van der Waals surface area contributed by atoms with Crippen LogP contribution in [0, 0.1) is 0 Å². The summed E-state index contributed by atoms with van der Waals surface area (Å²) in [5, 5.41) is 0.292. The highest BCUT2D eigenvalue weighted by Gasteiger charge is 2.14. The Morgan fingerprint density at radius 2 is 2.10 bits per heavy atom. The van der Waals surface area contributed by atoms with E-state index >= 15 is 0 Å². The number of hydrogen-bond donors (Lipinski definition) is 3. The van der Waals surface area contributed by atoms with Gasteiger partial charge in [-0.3, -0.25) is 4.79 Å². The number of nitrogens with two attached hydrogens (primary N) is 2. The largest absolute Gasteiger partial charge is 0.370 e. The first kappa shape index (κ1) is 16.9. The van der Waals surface area contributed by atoms with Crippen molar-refractivity contribution in [1.82, 2.24) is 4.72 Å². The molecule has 0 saturated heterocycles. The van der Waals surface area contributed by atoms with E-state index in [2.05, 4.69) is 4.72 Å². The van der Waals surface area contributed by atoms with Crippen molar-refractivity contribution in [3.63, 3.8) is 0 Å². The van der Waals surface area contributed by atoms with Gasteiger partial charge in [-0.25, -0.2) is 13.1 Å². The third kappa shape index (κ3) is 5.06. The minimum Gasteiger partial charge on any atom is -0.370 e. The molecule has 0 aliphatic rings. The highest BCUT2D eigenvalue weighted by molar-refractivity contribution is 7.89. The number of ether oxygens (including phenoxy) is 1. The molecule has 0 aliphatic carbocycles. The van der Waals surface area contributed by atoms with Crippen LogP contribution in [0.4, 0.5) is 0 Å². The van der Waals surface area contributed by atoms with Crippen molar-refractivity contribution in [3.05, 3.63) is 28.8 Å². The lowest BCUT2D eigenvalue weighted by Crippen LogP contribution is -2.29. The minimum atomic E-state index is -3.68. The summed E-state index contributed by atoms with van der Waals surface area (Å²) in [5.74, 6) is -0.614. The van der Waals surface area contributed by atoms with Crippen LogP contribution < -0.4 is 16.2 Å². The van der Waals surface area contributed by atoms with Crippen molar-refractivity contribution in [2.24, 2.45) is 11.5 Å². The molecule has 1 rings (SSSR count). The van der Waals surface area contributed by atoms with Crippen LogP contribution in [-0.4, -0.2) is 34.1 Å². The fourth-order valence-corrected chi connectivity index (χ4v) is 2.73. The molecule has 0 spiro atoms. The predicted octanol–water partition coefficient (Wildman–Crippen LogP) is -0.421. The first-order valence-corrected chi connectivity index (χ1v) is 7.57. The van der Waals surface area contributed by atoms with Crippen LogP contribution in [0.1, 0.15) is 5.56 Å². The number of primary amides is 1. The molecular weight excluding hydrogens is 306 g/mol. The van der Waals surface area contributed by atoms with Crippen molar-refractivity contribution in [1.29, 1.82) is 0 Å². The Kier molecular flexibility index (Phi) is 6.37. The summed E-state index contributed by atoms with van der Waals surface area (Å²) in [5.41, 5.74) is 11.0. The Morgan fingerprint density at radius 1 is 1.40 bits per heavy atom. The van der Waals surface area contributed by atoms with E-state index in [0.29, 0.717) is 10.6 Å². The summed E-state index contributed by atoms with van der Waals surface area (Å²) in [6.45, 7) is 0.0367. The summed E-state index contributed by atoms with van der Waals surface area (Å²) in [6, 6.07) is 4.30. The smallest absolute Gasteiger partial charge is 0.243 e. The summed E-state index contributed by atoms with van der Waals surface area (Å²) in [4.78, 5) is 10.4. The third-order valence-electron chi connectivity index (χ3n) is 2.34. The average molecular weight is 322 g/mol. The SMILES string of the molecule is NCc1ccc(S(=O)(=O)NCCOCC(N)=O)cc1Cl. The zero-order chi connectivity index (χ0) is 15.2. The zero-order valence-corrected chi connectivity index (χ0v) is 12.2. The van der Waals surface area contributed by atoms with Crippen molar-refractivity contribution >= 4 is 27.5 Å². The second-order valence-electron chi connectivity index (χ2n) is 3.87. The fourth-order valence-electron chi connectivity index (χ4n) is 1.37. The van der Waals surface area contributed by atoms with Gasteiger partial charge in [0.2, 0.25) is 15.9 Å². The molecule has 112 valence electrons. The number of halogens is 1. The maximum absolute atomic E-state index is 11.9. The minimum absolute atomic E-state index is 0.0197. The average Bonchev–Trinajstić information content (AvgIpc) is 2.37. The maximum atomic E-state index is 11.9. The fraction of sp³-hybridized carbons (Fsp3) is 0.364. The van der Waals surface area contributed by atoms with E-state index in [0.717, 1.165) is 0 Å². The molecule has 0 fully saturated rings. The summed E-state index contributed by atoms with van der Waals surface area (Å²) >= 11 is 5.91. The van der Waals surface area contributed by atoms with Gasteiger partial charge in [0.05, 0.1) is 11.5 Å². The molecule has 20 heavy (non-hydrogen) atoms. The van der Waals surface area contributed by atoms with Crippen molar-refractivity contribution in [2.45, 2.75) is 11.4 Å². The summed E-state index contributed by atoms with van der Waals surface area (Å²) < 4.78 is 31.0. The lowest BCUT2D eigenvalue weighted by atomic mass is 10.2. The molecule has 0 aliphatic heterocycles. The first-order chi connectivity index (χ1) is 9.36. The maximum Gasteiger partial charge on any atom is 0.243 e. The molecule has 1 aromatic carbocycles. The second-order valence-corrected chi connectivity index (χ2v) is 6.05. The molecule has 0 saturated carbocycles. The first-order valence-electron chi connectivity index (χ1n) is 5.71. The van der Waals surface area contributed by atoms with Crippen LogP contribution >= 0.6 is 11.6 Å². The number of sulfonamides is 1. The van der Waals surface area contributed by atoms with Gasteiger partial charge < -0.3 is 16.2 Å². The molecule has 9 heteroatoms. The molecular formula is C11H16ClN3O4S. The molecule has 5 N–H and O–H groups in total. The van der Waals surface area contributed by atoms with E-state index in [9.17, 15) is 13.2 Å². The Bertz CT molecular complexity index is 577. The van der Waals surface area contributed by atoms with Crippen LogP contribution in [0.25, 0.3) is 0 Å². The van der Waals surface area contributed by atoms with E-state index in [1.165, 1.54) is 12.1 Å². The van der Waals surface area contributed by atoms with Gasteiger partial charge in [-0.15, -0.1) is 0 Å². The quantitative estimate of drug-likeness (QED) is 0.561. The van der Waals surface area contributed by atoms with Crippen molar-refractivity contribution < 1.29 is 17.9 Å². The molecule has 0 atom stereocenters. The molecule has 0 radical (unpaired) electrons. The molecule has 0 aromatic heterocycles. The van der Waals surface area contributed by atoms with Gasteiger partial charge in [0.1, 0.15) is 6.61 Å². The number of rotatable bonds is 8. The Balaban J connectivity index is 2.60. The van der Waals surface area contributed by atoms with E-state index < -0.39 is 15.9 Å². The molecule has 1 amide bonds. The molecule has 1 aromatic rings. The van der Waals surface area contributed by atoms with Gasteiger partial charge in [-0.05, 0) is 17.7 Å². The molecule has 0 bridgehead atoms. The predicted molar refractivity (Wildman–Crippen MR) is 74.5 cm³/mol. The number of hydrogen-bond acceptors (Lipinski definition) is 5. The third-order valence-corrected chi connectivity index (χ3v) is 4.15. The van der Waals surface area contributed by atoms with E-state index in [-0.39, 0.29) is 31.2 Å².